The van der Waals surface area contributed by atoms with E-state index in [0.29, 0.717) is 5.69 Å². The summed E-state index contributed by atoms with van der Waals surface area (Å²) in [5.74, 6) is -1.08. The normalized spacial score (nSPS) is 9.85. The summed E-state index contributed by atoms with van der Waals surface area (Å²) in [5.41, 5.74) is 0.943. The number of aromatic carboxylic acids is 1. The fourth-order valence-electron chi connectivity index (χ4n) is 1.61. The summed E-state index contributed by atoms with van der Waals surface area (Å²) in [5, 5.41) is 14.3. The Labute approximate surface area is 129 Å². The first-order valence-electron chi connectivity index (χ1n) is 5.72. The maximum Gasteiger partial charge on any atom is 0.337 e. The third-order valence-corrected chi connectivity index (χ3v) is 3.16. The van der Waals surface area contributed by atoms with E-state index in [9.17, 15) is 9.59 Å². The molecule has 0 radical (unpaired) electrons. The number of carbonyl (C=O) groups excluding carboxylic acids is 1. The second kappa shape index (κ2) is 6.38. The molecule has 0 fully saturated rings. The van der Waals surface area contributed by atoms with Crippen LogP contribution < -0.4 is 10.6 Å². The highest BCUT2D eigenvalue weighted by Crippen LogP contribution is 2.19. The number of carboxylic acid groups (broad SMARTS) is 1. The van der Waals surface area contributed by atoms with Crippen molar-refractivity contribution in [1.29, 1.82) is 0 Å². The van der Waals surface area contributed by atoms with Gasteiger partial charge in [-0.15, -0.1) is 0 Å². The van der Waals surface area contributed by atoms with E-state index in [1.165, 1.54) is 6.07 Å². The van der Waals surface area contributed by atoms with Crippen LogP contribution in [0.25, 0.3) is 0 Å². The van der Waals surface area contributed by atoms with Crippen LogP contribution in [0.1, 0.15) is 10.4 Å². The minimum atomic E-state index is -1.08. The molecule has 3 N–H and O–H groups in total. The fraction of sp³-hybridized carbons (Fsp3) is 0. The van der Waals surface area contributed by atoms with Gasteiger partial charge in [0.15, 0.2) is 0 Å². The Morgan fingerprint density at radius 2 is 1.70 bits per heavy atom. The second-order valence-electron chi connectivity index (χ2n) is 3.94. The number of amides is 2. The van der Waals surface area contributed by atoms with Gasteiger partial charge in [-0.1, -0.05) is 18.2 Å². The van der Waals surface area contributed by atoms with E-state index >= 15 is 0 Å². The van der Waals surface area contributed by atoms with Gasteiger partial charge in [-0.2, -0.15) is 0 Å². The molecule has 2 aromatic rings. The van der Waals surface area contributed by atoms with Crippen LogP contribution in [0.5, 0.6) is 0 Å². The molecule has 5 nitrogen and oxygen atoms in total. The zero-order chi connectivity index (χ0) is 14.5. The summed E-state index contributed by atoms with van der Waals surface area (Å²) in [6.07, 6.45) is 0. The molecule has 0 unspecified atom stereocenters. The van der Waals surface area contributed by atoms with E-state index in [1.807, 2.05) is 28.7 Å². The Balaban J connectivity index is 2.14. The monoisotopic (exact) mass is 382 g/mol. The Morgan fingerprint density at radius 1 is 1.00 bits per heavy atom. The van der Waals surface area contributed by atoms with Crippen LogP contribution in [0.4, 0.5) is 16.2 Å². The molecule has 0 aliphatic rings. The summed E-state index contributed by atoms with van der Waals surface area (Å²) in [7, 11) is 0. The van der Waals surface area contributed by atoms with Crippen molar-refractivity contribution in [1.82, 2.24) is 0 Å². The number of benzene rings is 2. The minimum Gasteiger partial charge on any atom is -0.478 e. The van der Waals surface area contributed by atoms with Crippen molar-refractivity contribution in [3.8, 4) is 0 Å². The highest BCUT2D eigenvalue weighted by atomic mass is 127. The Hall–Kier alpha value is -2.09. The summed E-state index contributed by atoms with van der Waals surface area (Å²) < 4.78 is 0.786. The SMILES string of the molecule is O=C(Nc1ccccc1)Nc1ccc(I)cc1C(=O)O. The average Bonchev–Trinajstić information content (AvgIpc) is 2.41. The summed E-state index contributed by atoms with van der Waals surface area (Å²) in [4.78, 5) is 23.0. The Kier molecular flexibility index (Phi) is 4.57. The maximum absolute atomic E-state index is 11.8. The third-order valence-electron chi connectivity index (χ3n) is 2.49. The molecule has 102 valence electrons. The zero-order valence-electron chi connectivity index (χ0n) is 10.3. The van der Waals surface area contributed by atoms with Crippen molar-refractivity contribution in [2.24, 2.45) is 0 Å². The molecule has 6 heteroatoms. The highest BCUT2D eigenvalue weighted by molar-refractivity contribution is 14.1. The number of anilines is 2. The first-order chi connectivity index (χ1) is 9.56. The number of carboxylic acids is 1. The van der Waals surface area contributed by atoms with Gasteiger partial charge in [0.25, 0.3) is 0 Å². The molecule has 0 heterocycles. The summed E-state index contributed by atoms with van der Waals surface area (Å²) in [6.45, 7) is 0. The lowest BCUT2D eigenvalue weighted by Crippen LogP contribution is -2.21. The van der Waals surface area contributed by atoms with Gasteiger partial charge < -0.3 is 15.7 Å². The number of hydrogen-bond acceptors (Lipinski definition) is 2. The number of carbonyl (C=O) groups is 2. The van der Waals surface area contributed by atoms with E-state index in [0.717, 1.165) is 3.57 Å². The largest absolute Gasteiger partial charge is 0.478 e. The van der Waals surface area contributed by atoms with Gasteiger partial charge >= 0.3 is 12.0 Å². The van der Waals surface area contributed by atoms with Crippen molar-refractivity contribution in [3.05, 3.63) is 57.7 Å². The van der Waals surface area contributed by atoms with Crippen LogP contribution in [0.2, 0.25) is 0 Å². The van der Waals surface area contributed by atoms with Crippen LogP contribution >= 0.6 is 22.6 Å². The van der Waals surface area contributed by atoms with Crippen LogP contribution in [0, 0.1) is 3.57 Å². The second-order valence-corrected chi connectivity index (χ2v) is 5.19. The molecule has 20 heavy (non-hydrogen) atoms. The van der Waals surface area contributed by atoms with Crippen molar-refractivity contribution in [2.75, 3.05) is 10.6 Å². The van der Waals surface area contributed by atoms with Gasteiger partial charge in [-0.05, 0) is 52.9 Å². The van der Waals surface area contributed by atoms with Gasteiger partial charge in [0, 0.05) is 9.26 Å². The molecular formula is C14H11IN2O3. The van der Waals surface area contributed by atoms with Gasteiger partial charge in [0.2, 0.25) is 0 Å². The quantitative estimate of drug-likeness (QED) is 0.710. The van der Waals surface area contributed by atoms with Gasteiger partial charge in [0.1, 0.15) is 0 Å². The lowest BCUT2D eigenvalue weighted by Gasteiger charge is -2.10. The molecular weight excluding hydrogens is 371 g/mol. The van der Waals surface area contributed by atoms with Crippen LogP contribution in [0.3, 0.4) is 0 Å². The molecule has 0 bridgehead atoms. The first-order valence-corrected chi connectivity index (χ1v) is 6.80. The molecule has 0 atom stereocenters. The van der Waals surface area contributed by atoms with Gasteiger partial charge in [0.05, 0.1) is 11.3 Å². The summed E-state index contributed by atoms with van der Waals surface area (Å²) in [6, 6.07) is 13.2. The molecule has 2 rings (SSSR count). The number of nitrogens with one attached hydrogen (secondary N) is 2. The standard InChI is InChI=1S/C14H11IN2O3/c15-9-6-7-12(11(8-9)13(18)19)17-14(20)16-10-4-2-1-3-5-10/h1-8H,(H,18,19)(H2,16,17,20). The van der Waals surface area contributed by atoms with E-state index < -0.39 is 12.0 Å². The van der Waals surface area contributed by atoms with Crippen LogP contribution in [0.15, 0.2) is 48.5 Å². The van der Waals surface area contributed by atoms with E-state index in [1.54, 1.807) is 36.4 Å². The highest BCUT2D eigenvalue weighted by Gasteiger charge is 2.12. The molecule has 2 aromatic carbocycles. The van der Waals surface area contributed by atoms with Gasteiger partial charge in [-0.3, -0.25) is 0 Å². The molecule has 0 aromatic heterocycles. The third kappa shape index (κ3) is 3.70. The molecule has 0 saturated carbocycles. The lowest BCUT2D eigenvalue weighted by atomic mass is 10.2. The Bertz CT molecular complexity index is 644. The van der Waals surface area contributed by atoms with E-state index in [2.05, 4.69) is 10.6 Å². The number of rotatable bonds is 3. The van der Waals surface area contributed by atoms with Crippen LogP contribution in [-0.2, 0) is 0 Å². The Morgan fingerprint density at radius 3 is 2.35 bits per heavy atom. The maximum atomic E-state index is 11.8. The molecule has 0 aliphatic heterocycles. The topological polar surface area (TPSA) is 78.4 Å². The van der Waals surface area contributed by atoms with Gasteiger partial charge in [-0.25, -0.2) is 9.59 Å². The minimum absolute atomic E-state index is 0.0557. The van der Waals surface area contributed by atoms with Crippen LogP contribution in [-0.4, -0.2) is 17.1 Å². The lowest BCUT2D eigenvalue weighted by molar-refractivity contribution is 0.0698. The smallest absolute Gasteiger partial charge is 0.337 e. The van der Waals surface area contributed by atoms with E-state index in [-0.39, 0.29) is 11.3 Å². The number of hydrogen-bond donors (Lipinski definition) is 3. The molecule has 2 amide bonds. The molecule has 0 saturated heterocycles. The number of urea groups is 1. The van der Waals surface area contributed by atoms with E-state index in [4.69, 9.17) is 5.11 Å². The number of halogens is 1. The number of para-hydroxylation sites is 1. The molecule has 0 spiro atoms. The summed E-state index contributed by atoms with van der Waals surface area (Å²) >= 11 is 2.02. The van der Waals surface area contributed by atoms with Crippen molar-refractivity contribution >= 4 is 46.0 Å². The average molecular weight is 382 g/mol. The zero-order valence-corrected chi connectivity index (χ0v) is 12.4. The fourth-order valence-corrected chi connectivity index (χ4v) is 2.10. The molecule has 0 aliphatic carbocycles. The predicted octanol–water partition coefficient (Wildman–Crippen LogP) is 3.63. The predicted molar refractivity (Wildman–Crippen MR) is 85.2 cm³/mol. The first kappa shape index (κ1) is 14.3. The van der Waals surface area contributed by atoms with Crippen molar-refractivity contribution < 1.29 is 14.7 Å². The van der Waals surface area contributed by atoms with Crippen molar-refractivity contribution in [2.45, 2.75) is 0 Å². The van der Waals surface area contributed by atoms with Crippen molar-refractivity contribution in [3.63, 3.8) is 0 Å².